The van der Waals surface area contributed by atoms with Crippen molar-refractivity contribution in [2.75, 3.05) is 11.9 Å². The summed E-state index contributed by atoms with van der Waals surface area (Å²) in [4.78, 5) is 29.3. The van der Waals surface area contributed by atoms with E-state index in [0.717, 1.165) is 27.8 Å². The van der Waals surface area contributed by atoms with E-state index in [-0.39, 0.29) is 12.2 Å². The van der Waals surface area contributed by atoms with Gasteiger partial charge in [-0.3, -0.25) is 9.59 Å². The van der Waals surface area contributed by atoms with Crippen LogP contribution in [0.4, 0.5) is 10.1 Å². The maximum atomic E-state index is 13.2. The second-order valence-corrected chi connectivity index (χ2v) is 7.53. The Morgan fingerprint density at radius 2 is 1.97 bits per heavy atom. The summed E-state index contributed by atoms with van der Waals surface area (Å²) < 4.78 is 14.9. The summed E-state index contributed by atoms with van der Waals surface area (Å²) in [5, 5.41) is 11.4. The highest BCUT2D eigenvalue weighted by atomic mass is 32.1. The molecule has 0 fully saturated rings. The van der Waals surface area contributed by atoms with Gasteiger partial charge in [-0.15, -0.1) is 16.4 Å². The molecule has 7 nitrogen and oxygen atoms in total. The first-order chi connectivity index (χ1) is 14.5. The molecule has 0 unspecified atom stereocenters. The van der Waals surface area contributed by atoms with E-state index in [1.165, 1.54) is 29.5 Å². The lowest BCUT2D eigenvalue weighted by atomic mass is 10.1. The molecular weight excluding hydrogens is 405 g/mol. The Hall–Kier alpha value is -3.59. The van der Waals surface area contributed by atoms with Crippen molar-refractivity contribution in [3.63, 3.8) is 0 Å². The van der Waals surface area contributed by atoms with E-state index in [4.69, 9.17) is 0 Å². The number of amides is 2. The number of carbonyl (C=O) groups excluding carboxylic acids is 2. The average molecular weight is 423 g/mol. The predicted octanol–water partition coefficient (Wildman–Crippen LogP) is 3.20. The fraction of sp³-hybridized carbons (Fsp3) is 0.143. The normalized spacial score (nSPS) is 10.9. The molecule has 2 N–H and O–H groups in total. The molecule has 0 aliphatic rings. The molecule has 0 saturated carbocycles. The second-order valence-electron chi connectivity index (χ2n) is 6.70. The van der Waals surface area contributed by atoms with Crippen LogP contribution in [0.15, 0.2) is 53.9 Å². The van der Waals surface area contributed by atoms with Crippen LogP contribution in [0.3, 0.4) is 0 Å². The van der Waals surface area contributed by atoms with Crippen LogP contribution in [0, 0.1) is 12.7 Å². The summed E-state index contributed by atoms with van der Waals surface area (Å²) in [7, 11) is 0. The number of halogens is 1. The zero-order chi connectivity index (χ0) is 21.1. The first-order valence-corrected chi connectivity index (χ1v) is 10.1. The topological polar surface area (TPSA) is 88.4 Å². The number of anilines is 1. The molecule has 152 valence electrons. The molecule has 4 rings (SSSR count). The Morgan fingerprint density at radius 1 is 1.13 bits per heavy atom. The summed E-state index contributed by atoms with van der Waals surface area (Å²) in [5.74, 6) is -1.49. The highest BCUT2D eigenvalue weighted by Crippen LogP contribution is 2.21. The summed E-state index contributed by atoms with van der Waals surface area (Å²) >= 11 is 1.46. The minimum absolute atomic E-state index is 0.223. The zero-order valence-corrected chi connectivity index (χ0v) is 16.9. The monoisotopic (exact) mass is 423 g/mol. The van der Waals surface area contributed by atoms with Crippen molar-refractivity contribution in [3.05, 3.63) is 71.0 Å². The van der Waals surface area contributed by atoms with Crippen molar-refractivity contribution >= 4 is 33.8 Å². The van der Waals surface area contributed by atoms with Gasteiger partial charge < -0.3 is 10.6 Å². The first kappa shape index (κ1) is 19.7. The Kier molecular flexibility index (Phi) is 5.53. The van der Waals surface area contributed by atoms with Crippen molar-refractivity contribution in [2.45, 2.75) is 13.3 Å². The number of fused-ring (bicyclic) bond motifs is 1. The Morgan fingerprint density at radius 3 is 2.77 bits per heavy atom. The van der Waals surface area contributed by atoms with Gasteiger partial charge in [-0.25, -0.2) is 8.91 Å². The van der Waals surface area contributed by atoms with Crippen LogP contribution in [0.1, 0.15) is 11.3 Å². The average Bonchev–Trinajstić information content (AvgIpc) is 3.29. The summed E-state index contributed by atoms with van der Waals surface area (Å²) in [6.07, 6.45) is 0.482. The van der Waals surface area contributed by atoms with Gasteiger partial charge >= 0.3 is 11.8 Å². The van der Waals surface area contributed by atoms with Crippen LogP contribution in [0.2, 0.25) is 0 Å². The van der Waals surface area contributed by atoms with Crippen LogP contribution in [-0.4, -0.2) is 33.0 Å². The number of aryl methyl sites for hydroxylation is 1. The number of hydrogen-bond acceptors (Lipinski definition) is 5. The smallest absolute Gasteiger partial charge is 0.313 e. The standard InChI is InChI=1S/C21H18FN5O2S/c1-13-4-2-5-14(10-13)18-25-21-27(26-18)17(12-30-21)8-9-23-19(28)20(29)24-16-7-3-6-15(22)11-16/h2-7,10-12H,8-9H2,1H3,(H,23,28)(H,24,29). The van der Waals surface area contributed by atoms with Crippen molar-refractivity contribution in [1.82, 2.24) is 19.9 Å². The third-order valence-corrected chi connectivity index (χ3v) is 5.25. The van der Waals surface area contributed by atoms with Crippen molar-refractivity contribution in [3.8, 4) is 11.4 Å². The molecule has 9 heteroatoms. The molecule has 2 amide bonds. The van der Waals surface area contributed by atoms with E-state index >= 15 is 0 Å². The third-order valence-electron chi connectivity index (χ3n) is 4.38. The lowest BCUT2D eigenvalue weighted by Crippen LogP contribution is -2.36. The van der Waals surface area contributed by atoms with Gasteiger partial charge in [-0.1, -0.05) is 29.8 Å². The van der Waals surface area contributed by atoms with Crippen LogP contribution < -0.4 is 10.6 Å². The fourth-order valence-corrected chi connectivity index (χ4v) is 3.80. The lowest BCUT2D eigenvalue weighted by Gasteiger charge is -2.06. The number of hydrogen-bond donors (Lipinski definition) is 2. The van der Waals surface area contributed by atoms with Gasteiger partial charge in [-0.2, -0.15) is 4.98 Å². The molecule has 0 aliphatic carbocycles. The van der Waals surface area contributed by atoms with Crippen LogP contribution in [-0.2, 0) is 16.0 Å². The van der Waals surface area contributed by atoms with Crippen LogP contribution >= 0.6 is 11.3 Å². The molecule has 4 aromatic rings. The summed E-state index contributed by atoms with van der Waals surface area (Å²) in [6.45, 7) is 2.27. The molecule has 0 atom stereocenters. The van der Waals surface area contributed by atoms with E-state index in [0.29, 0.717) is 12.2 Å². The van der Waals surface area contributed by atoms with Crippen LogP contribution in [0.25, 0.3) is 16.3 Å². The van der Waals surface area contributed by atoms with Crippen molar-refractivity contribution < 1.29 is 14.0 Å². The molecule has 2 aromatic carbocycles. The summed E-state index contributed by atoms with van der Waals surface area (Å²) in [6, 6.07) is 13.3. The second kappa shape index (κ2) is 8.42. The molecule has 0 spiro atoms. The van der Waals surface area contributed by atoms with E-state index in [9.17, 15) is 14.0 Å². The van der Waals surface area contributed by atoms with E-state index in [1.807, 2.05) is 36.6 Å². The molecular formula is C21H18FN5O2S. The minimum atomic E-state index is -0.849. The Balaban J connectivity index is 1.37. The molecule has 0 bridgehead atoms. The maximum absolute atomic E-state index is 13.2. The SMILES string of the molecule is Cc1cccc(-c2nc3scc(CCNC(=O)C(=O)Nc4cccc(F)c4)n3n2)c1. The molecule has 2 heterocycles. The number of nitrogens with zero attached hydrogens (tertiary/aromatic N) is 3. The van der Waals surface area contributed by atoms with Gasteiger partial charge in [0, 0.05) is 29.6 Å². The largest absolute Gasteiger partial charge is 0.347 e. The van der Waals surface area contributed by atoms with Gasteiger partial charge in [0.25, 0.3) is 0 Å². The van der Waals surface area contributed by atoms with E-state index in [1.54, 1.807) is 4.52 Å². The fourth-order valence-electron chi connectivity index (χ4n) is 2.94. The number of thiazole rings is 1. The highest BCUT2D eigenvalue weighted by Gasteiger charge is 2.15. The van der Waals surface area contributed by atoms with Crippen molar-refractivity contribution in [1.29, 1.82) is 0 Å². The molecule has 30 heavy (non-hydrogen) atoms. The number of nitrogens with one attached hydrogen (secondary N) is 2. The van der Waals surface area contributed by atoms with E-state index < -0.39 is 17.6 Å². The van der Waals surface area contributed by atoms with Crippen LogP contribution in [0.5, 0.6) is 0 Å². The number of benzene rings is 2. The number of aromatic nitrogens is 3. The molecule has 2 aromatic heterocycles. The first-order valence-electron chi connectivity index (χ1n) is 9.24. The highest BCUT2D eigenvalue weighted by molar-refractivity contribution is 7.15. The third kappa shape index (κ3) is 4.36. The van der Waals surface area contributed by atoms with Gasteiger partial charge in [-0.05, 0) is 31.2 Å². The van der Waals surface area contributed by atoms with Gasteiger partial charge in [0.1, 0.15) is 5.82 Å². The summed E-state index contributed by atoms with van der Waals surface area (Å²) in [5.41, 5.74) is 3.18. The lowest BCUT2D eigenvalue weighted by molar-refractivity contribution is -0.136. The zero-order valence-electron chi connectivity index (χ0n) is 16.1. The van der Waals surface area contributed by atoms with E-state index in [2.05, 4.69) is 20.7 Å². The Labute approximate surface area is 175 Å². The molecule has 0 aliphatic heterocycles. The molecule has 0 saturated heterocycles. The number of carbonyl (C=O) groups is 2. The molecule has 0 radical (unpaired) electrons. The predicted molar refractivity (Wildman–Crippen MR) is 113 cm³/mol. The minimum Gasteiger partial charge on any atom is -0.347 e. The Bertz CT molecular complexity index is 1230. The van der Waals surface area contributed by atoms with Gasteiger partial charge in [0.05, 0.1) is 5.69 Å². The maximum Gasteiger partial charge on any atom is 0.313 e. The van der Waals surface area contributed by atoms with Crippen molar-refractivity contribution in [2.24, 2.45) is 0 Å². The quantitative estimate of drug-likeness (QED) is 0.483. The van der Waals surface area contributed by atoms with Gasteiger partial charge in [0.2, 0.25) is 4.96 Å². The number of rotatable bonds is 5. The van der Waals surface area contributed by atoms with Gasteiger partial charge in [0.15, 0.2) is 5.82 Å².